The summed E-state index contributed by atoms with van der Waals surface area (Å²) in [6.07, 6.45) is -2.06. The Bertz CT molecular complexity index is 2590. The van der Waals surface area contributed by atoms with E-state index in [2.05, 4.69) is 245 Å². The fraction of sp³-hybridized carbons (Fsp3) is 0.226. The van der Waals surface area contributed by atoms with Crippen molar-refractivity contribution in [2.24, 2.45) is 0 Å². The van der Waals surface area contributed by atoms with Gasteiger partial charge in [0.25, 0.3) is 8.32 Å². The van der Waals surface area contributed by atoms with Gasteiger partial charge >= 0.3 is 0 Å². The van der Waals surface area contributed by atoms with Crippen molar-refractivity contribution in [2.75, 3.05) is 12.8 Å². The van der Waals surface area contributed by atoms with E-state index in [-0.39, 0.29) is 11.6 Å². The van der Waals surface area contributed by atoms with Crippen LogP contribution in [0.5, 0.6) is 0 Å². The minimum absolute atomic E-state index is 0.261. The van der Waals surface area contributed by atoms with E-state index in [1.165, 1.54) is 26.3 Å². The third-order valence-electron chi connectivity index (χ3n) is 13.5. The van der Waals surface area contributed by atoms with E-state index >= 15 is 0 Å². The molecule has 0 unspecified atom stereocenters. The van der Waals surface area contributed by atoms with Gasteiger partial charge < -0.3 is 23.4 Å². The molecule has 69 heavy (non-hydrogen) atoms. The fourth-order valence-corrected chi connectivity index (χ4v) is 19.2. The largest absolute Gasteiger partial charge is 0.405 e. The Hall–Kier alpha value is -5.79. The van der Waals surface area contributed by atoms with E-state index in [0.717, 1.165) is 16.7 Å². The standard InChI is InChI=1S/C62H64O5PSi/c1-62(2,3)69(55-40-24-10-25-41-55,56-42-26-11-27-43-56)66-47-57-59(63-44-49-28-12-4-13-29-49)61(65-46-51-32-16-6-17-33-51)60(64-45-50-30-14-5-15-31-50)58(67-57)48-68(52-34-18-7-19-35-52,53-36-20-8-21-37-53)54-38-22-9-23-39-54/h4-43,57-61H,44-48H2,1-3H3/q+1/t57-,58+,59+,60+,61+/m1/s1. The molecule has 5 atom stereocenters. The zero-order chi connectivity index (χ0) is 47.4. The second-order valence-corrected chi connectivity index (χ2v) is 26.8. The zero-order valence-electron chi connectivity index (χ0n) is 40.0. The SMILES string of the molecule is CC(C)(C)[Si](OC[C@H]1O[C@@H](C[P+](c2ccccc2)(c2ccccc2)c2ccccc2)[C@H](OCc2ccccc2)[C@@H](OCc2ccccc2)[C@H]1OCc1ccccc1)(c1ccccc1)c1ccccc1. The Morgan fingerprint density at radius 2 is 0.696 bits per heavy atom. The molecule has 0 amide bonds. The molecule has 0 saturated carbocycles. The molecule has 1 fully saturated rings. The van der Waals surface area contributed by atoms with Crippen molar-refractivity contribution < 1.29 is 23.4 Å². The van der Waals surface area contributed by atoms with Crippen LogP contribution in [-0.2, 0) is 43.2 Å². The van der Waals surface area contributed by atoms with Crippen LogP contribution in [0.15, 0.2) is 243 Å². The maximum absolute atomic E-state index is 7.87. The Morgan fingerprint density at radius 1 is 0.391 bits per heavy atom. The van der Waals surface area contributed by atoms with Crippen molar-refractivity contribution >= 4 is 41.9 Å². The second kappa shape index (κ2) is 22.8. The van der Waals surface area contributed by atoms with Gasteiger partial charge in [-0.15, -0.1) is 0 Å². The number of hydrogen-bond acceptors (Lipinski definition) is 5. The second-order valence-electron chi connectivity index (χ2n) is 19.0. The lowest BCUT2D eigenvalue weighted by atomic mass is 9.94. The minimum atomic E-state index is -3.05. The van der Waals surface area contributed by atoms with E-state index in [4.69, 9.17) is 23.4 Å². The highest BCUT2D eigenvalue weighted by Crippen LogP contribution is 2.57. The maximum Gasteiger partial charge on any atom is 0.261 e. The van der Waals surface area contributed by atoms with Gasteiger partial charge in [0.05, 0.1) is 26.4 Å². The van der Waals surface area contributed by atoms with E-state index in [1.54, 1.807) is 0 Å². The third kappa shape index (κ3) is 11.0. The first-order valence-corrected chi connectivity index (χ1v) is 28.2. The lowest BCUT2D eigenvalue weighted by Gasteiger charge is -2.49. The average Bonchev–Trinajstić information content (AvgIpc) is 3.41. The summed E-state index contributed by atoms with van der Waals surface area (Å²) < 4.78 is 37.7. The minimum Gasteiger partial charge on any atom is -0.405 e. The molecule has 1 saturated heterocycles. The highest BCUT2D eigenvalue weighted by Gasteiger charge is 2.57. The van der Waals surface area contributed by atoms with E-state index < -0.39 is 46.1 Å². The summed E-state index contributed by atoms with van der Waals surface area (Å²) in [5.41, 5.74) is 3.22. The molecule has 0 bridgehead atoms. The Balaban J connectivity index is 1.23. The van der Waals surface area contributed by atoms with Gasteiger partial charge in [0.15, 0.2) is 0 Å². The van der Waals surface area contributed by atoms with E-state index in [9.17, 15) is 0 Å². The van der Waals surface area contributed by atoms with Crippen LogP contribution in [0.2, 0.25) is 5.04 Å². The third-order valence-corrected chi connectivity index (χ3v) is 23.0. The zero-order valence-corrected chi connectivity index (χ0v) is 41.9. The van der Waals surface area contributed by atoms with Crippen LogP contribution < -0.4 is 26.3 Å². The molecule has 0 radical (unpaired) electrons. The molecule has 0 N–H and O–H groups in total. The van der Waals surface area contributed by atoms with Crippen LogP contribution >= 0.6 is 7.26 Å². The number of benzene rings is 8. The average molecular weight is 948 g/mol. The number of ether oxygens (including phenoxy) is 4. The highest BCUT2D eigenvalue weighted by atomic mass is 31.2. The first-order valence-electron chi connectivity index (χ1n) is 24.3. The van der Waals surface area contributed by atoms with E-state index in [0.29, 0.717) is 26.0 Å². The van der Waals surface area contributed by atoms with Gasteiger partial charge in [0.2, 0.25) is 0 Å². The molecule has 350 valence electrons. The molecule has 1 aliphatic rings. The number of rotatable bonds is 19. The molecular weight excluding hydrogens is 884 g/mol. The molecule has 7 heteroatoms. The smallest absolute Gasteiger partial charge is 0.261 e. The van der Waals surface area contributed by atoms with Gasteiger partial charge in [-0.05, 0) is 68.5 Å². The summed E-state index contributed by atoms with van der Waals surface area (Å²) in [5, 5.41) is 5.98. The summed E-state index contributed by atoms with van der Waals surface area (Å²) in [6.45, 7) is 8.35. The van der Waals surface area contributed by atoms with Crippen molar-refractivity contribution in [1.82, 2.24) is 0 Å². The lowest BCUT2D eigenvalue weighted by molar-refractivity contribution is -0.264. The van der Waals surface area contributed by atoms with Crippen LogP contribution in [0.25, 0.3) is 0 Å². The summed E-state index contributed by atoms with van der Waals surface area (Å²) >= 11 is 0. The van der Waals surface area contributed by atoms with Crippen molar-refractivity contribution in [3.8, 4) is 0 Å². The van der Waals surface area contributed by atoms with Crippen molar-refractivity contribution in [3.05, 3.63) is 259 Å². The van der Waals surface area contributed by atoms with Crippen molar-refractivity contribution in [1.29, 1.82) is 0 Å². The first kappa shape index (κ1) is 48.2. The molecule has 0 aliphatic carbocycles. The summed E-state index contributed by atoms with van der Waals surface area (Å²) in [4.78, 5) is 0. The Morgan fingerprint density at radius 3 is 1.04 bits per heavy atom. The highest BCUT2D eigenvalue weighted by molar-refractivity contribution is 7.95. The van der Waals surface area contributed by atoms with Crippen molar-refractivity contribution in [3.63, 3.8) is 0 Å². The molecule has 8 aromatic carbocycles. The van der Waals surface area contributed by atoms with Crippen LogP contribution in [0.3, 0.4) is 0 Å². The van der Waals surface area contributed by atoms with Gasteiger partial charge in [0, 0.05) is 0 Å². The Labute approximate surface area is 411 Å². The maximum atomic E-state index is 7.87. The molecule has 5 nitrogen and oxygen atoms in total. The topological polar surface area (TPSA) is 46.2 Å². The predicted octanol–water partition coefficient (Wildman–Crippen LogP) is 11.1. The normalized spacial score (nSPS) is 18.7. The van der Waals surface area contributed by atoms with E-state index in [1.807, 2.05) is 18.2 Å². The Kier molecular flexibility index (Phi) is 15.9. The molecule has 1 aliphatic heterocycles. The van der Waals surface area contributed by atoms with Gasteiger partial charge in [-0.3, -0.25) is 0 Å². The van der Waals surface area contributed by atoms with Crippen LogP contribution in [0.4, 0.5) is 0 Å². The lowest BCUT2D eigenvalue weighted by Crippen LogP contribution is -2.68. The quantitative estimate of drug-likeness (QED) is 0.0597. The van der Waals surface area contributed by atoms with Crippen molar-refractivity contribution in [2.45, 2.75) is 76.1 Å². The van der Waals surface area contributed by atoms with Gasteiger partial charge in [-0.2, -0.15) is 0 Å². The van der Waals surface area contributed by atoms with Crippen LogP contribution in [0, 0.1) is 0 Å². The molecule has 1 heterocycles. The molecule has 8 aromatic rings. The van der Waals surface area contributed by atoms with Crippen LogP contribution in [-0.4, -0.2) is 51.6 Å². The summed E-state index contributed by atoms with van der Waals surface area (Å²) in [7, 11) is -5.52. The molecule has 0 spiro atoms. The number of hydrogen-bond donors (Lipinski definition) is 0. The van der Waals surface area contributed by atoms with Gasteiger partial charge in [-0.1, -0.05) is 227 Å². The van der Waals surface area contributed by atoms with Gasteiger partial charge in [-0.25, -0.2) is 0 Å². The predicted molar refractivity (Wildman–Crippen MR) is 287 cm³/mol. The summed E-state index contributed by atoms with van der Waals surface area (Å²) in [5.74, 6) is 0. The molecular formula is C62H64O5PSi+. The molecule has 9 rings (SSSR count). The summed E-state index contributed by atoms with van der Waals surface area (Å²) in [6, 6.07) is 86.1. The van der Waals surface area contributed by atoms with Gasteiger partial charge in [0.1, 0.15) is 59.9 Å². The molecule has 0 aromatic heterocycles. The monoisotopic (exact) mass is 947 g/mol. The fourth-order valence-electron chi connectivity index (χ4n) is 10.2. The van der Waals surface area contributed by atoms with Crippen LogP contribution in [0.1, 0.15) is 37.5 Å². The first-order chi connectivity index (χ1) is 33.8.